The van der Waals surface area contributed by atoms with Crippen molar-refractivity contribution in [1.29, 1.82) is 0 Å². The van der Waals surface area contributed by atoms with Crippen molar-refractivity contribution in [3.8, 4) is 0 Å². The SMILES string of the molecule is Cc1cc(C(=O)NCCCCCCC(=O)O)ccc1N. The first kappa shape index (κ1) is 16.0. The van der Waals surface area contributed by atoms with Gasteiger partial charge < -0.3 is 16.2 Å². The first-order valence-electron chi connectivity index (χ1n) is 6.87. The number of nitrogens with two attached hydrogens (primary N) is 1. The molecule has 110 valence electrons. The Kier molecular flexibility index (Phi) is 6.56. The highest BCUT2D eigenvalue weighted by atomic mass is 16.4. The van der Waals surface area contributed by atoms with E-state index in [-0.39, 0.29) is 12.3 Å². The fourth-order valence-electron chi connectivity index (χ4n) is 1.88. The molecule has 1 aromatic carbocycles. The van der Waals surface area contributed by atoms with Crippen LogP contribution in [0.2, 0.25) is 0 Å². The van der Waals surface area contributed by atoms with Crippen LogP contribution in [0.25, 0.3) is 0 Å². The van der Waals surface area contributed by atoms with E-state index in [9.17, 15) is 9.59 Å². The normalized spacial score (nSPS) is 10.2. The van der Waals surface area contributed by atoms with Crippen LogP contribution >= 0.6 is 0 Å². The lowest BCUT2D eigenvalue weighted by Crippen LogP contribution is -2.24. The molecule has 0 spiro atoms. The van der Waals surface area contributed by atoms with Gasteiger partial charge in [0.2, 0.25) is 0 Å². The number of unbranched alkanes of at least 4 members (excludes halogenated alkanes) is 3. The second-order valence-electron chi connectivity index (χ2n) is 4.89. The maximum Gasteiger partial charge on any atom is 0.303 e. The molecule has 0 saturated heterocycles. The number of carboxylic acid groups (broad SMARTS) is 1. The van der Waals surface area contributed by atoms with Crippen LogP contribution < -0.4 is 11.1 Å². The summed E-state index contributed by atoms with van der Waals surface area (Å²) in [5, 5.41) is 11.3. The molecule has 4 N–H and O–H groups in total. The summed E-state index contributed by atoms with van der Waals surface area (Å²) in [7, 11) is 0. The molecule has 20 heavy (non-hydrogen) atoms. The van der Waals surface area contributed by atoms with E-state index in [4.69, 9.17) is 10.8 Å². The monoisotopic (exact) mass is 278 g/mol. The number of carboxylic acids is 1. The first-order chi connectivity index (χ1) is 9.50. The number of carbonyl (C=O) groups excluding carboxylic acids is 1. The molecule has 0 aliphatic carbocycles. The third-order valence-electron chi connectivity index (χ3n) is 3.13. The van der Waals surface area contributed by atoms with Crippen molar-refractivity contribution in [2.24, 2.45) is 0 Å². The second-order valence-corrected chi connectivity index (χ2v) is 4.89. The van der Waals surface area contributed by atoms with Gasteiger partial charge in [0.1, 0.15) is 0 Å². The van der Waals surface area contributed by atoms with Crippen molar-refractivity contribution in [1.82, 2.24) is 5.32 Å². The van der Waals surface area contributed by atoms with Crippen molar-refractivity contribution >= 4 is 17.6 Å². The Morgan fingerprint density at radius 2 is 1.90 bits per heavy atom. The zero-order valence-electron chi connectivity index (χ0n) is 11.8. The first-order valence-corrected chi connectivity index (χ1v) is 6.87. The molecule has 1 amide bonds. The van der Waals surface area contributed by atoms with Gasteiger partial charge in [0.15, 0.2) is 0 Å². The summed E-state index contributed by atoms with van der Waals surface area (Å²) in [6.45, 7) is 2.48. The minimum Gasteiger partial charge on any atom is -0.481 e. The lowest BCUT2D eigenvalue weighted by atomic mass is 10.1. The number of nitrogens with one attached hydrogen (secondary N) is 1. The molecule has 0 bridgehead atoms. The summed E-state index contributed by atoms with van der Waals surface area (Å²) >= 11 is 0. The number of aliphatic carboxylic acids is 1. The maximum atomic E-state index is 11.9. The van der Waals surface area contributed by atoms with Gasteiger partial charge in [-0.25, -0.2) is 0 Å². The molecule has 0 aliphatic heterocycles. The predicted octanol–water partition coefficient (Wildman–Crippen LogP) is 2.34. The van der Waals surface area contributed by atoms with Crippen LogP contribution in [0.3, 0.4) is 0 Å². The summed E-state index contributed by atoms with van der Waals surface area (Å²) in [6, 6.07) is 5.22. The number of rotatable bonds is 8. The van der Waals surface area contributed by atoms with Crippen LogP contribution in [0.5, 0.6) is 0 Å². The Morgan fingerprint density at radius 3 is 2.55 bits per heavy atom. The molecule has 0 radical (unpaired) electrons. The average Bonchev–Trinajstić information content (AvgIpc) is 2.40. The number of hydrogen-bond acceptors (Lipinski definition) is 3. The Labute approximate surface area is 119 Å². The smallest absolute Gasteiger partial charge is 0.303 e. The van der Waals surface area contributed by atoms with Crippen LogP contribution in [0.4, 0.5) is 5.69 Å². The number of benzene rings is 1. The molecule has 0 aliphatic rings. The summed E-state index contributed by atoms with van der Waals surface area (Å²) in [5.74, 6) is -0.851. The number of amides is 1. The third-order valence-corrected chi connectivity index (χ3v) is 3.13. The van der Waals surface area contributed by atoms with Gasteiger partial charge in [-0.2, -0.15) is 0 Å². The van der Waals surface area contributed by atoms with Gasteiger partial charge in [0, 0.05) is 24.2 Å². The average molecular weight is 278 g/mol. The molecule has 5 nitrogen and oxygen atoms in total. The van der Waals surface area contributed by atoms with E-state index in [1.807, 2.05) is 6.92 Å². The quantitative estimate of drug-likeness (QED) is 0.502. The van der Waals surface area contributed by atoms with Crippen LogP contribution in [-0.4, -0.2) is 23.5 Å². The fraction of sp³-hybridized carbons (Fsp3) is 0.467. The van der Waals surface area contributed by atoms with Crippen molar-refractivity contribution in [2.45, 2.75) is 39.0 Å². The van der Waals surface area contributed by atoms with E-state index in [1.54, 1.807) is 18.2 Å². The largest absolute Gasteiger partial charge is 0.481 e. The van der Waals surface area contributed by atoms with Gasteiger partial charge in [0.25, 0.3) is 5.91 Å². The van der Waals surface area contributed by atoms with Crippen LogP contribution in [-0.2, 0) is 4.79 Å². The summed E-state index contributed by atoms with van der Waals surface area (Å²) in [5.41, 5.74) is 7.89. The van der Waals surface area contributed by atoms with Crippen molar-refractivity contribution in [3.05, 3.63) is 29.3 Å². The third kappa shape index (κ3) is 5.73. The van der Waals surface area contributed by atoms with E-state index < -0.39 is 5.97 Å². The van der Waals surface area contributed by atoms with Gasteiger partial charge in [-0.15, -0.1) is 0 Å². The number of nitrogen functional groups attached to an aromatic ring is 1. The molecule has 0 unspecified atom stereocenters. The maximum absolute atomic E-state index is 11.9. The number of carbonyl (C=O) groups is 2. The molecule has 0 aromatic heterocycles. The number of hydrogen-bond donors (Lipinski definition) is 3. The lowest BCUT2D eigenvalue weighted by Gasteiger charge is -2.07. The molecule has 1 rings (SSSR count). The van der Waals surface area contributed by atoms with E-state index >= 15 is 0 Å². The zero-order chi connectivity index (χ0) is 15.0. The van der Waals surface area contributed by atoms with Gasteiger partial charge in [-0.05, 0) is 43.5 Å². The van der Waals surface area contributed by atoms with E-state index in [1.165, 1.54) is 0 Å². The standard InChI is InChI=1S/C15H22N2O3/c1-11-10-12(7-8-13(11)16)15(20)17-9-5-3-2-4-6-14(18)19/h7-8,10H,2-6,9,16H2,1H3,(H,17,20)(H,18,19). The molecular weight excluding hydrogens is 256 g/mol. The molecule has 0 atom stereocenters. The van der Waals surface area contributed by atoms with Crippen LogP contribution in [0.15, 0.2) is 18.2 Å². The number of anilines is 1. The minimum atomic E-state index is -0.753. The fourth-order valence-corrected chi connectivity index (χ4v) is 1.88. The van der Waals surface area contributed by atoms with Crippen molar-refractivity contribution in [3.63, 3.8) is 0 Å². The van der Waals surface area contributed by atoms with E-state index in [2.05, 4.69) is 5.32 Å². The van der Waals surface area contributed by atoms with Gasteiger partial charge >= 0.3 is 5.97 Å². The Morgan fingerprint density at radius 1 is 1.20 bits per heavy atom. The highest BCUT2D eigenvalue weighted by Gasteiger charge is 2.05. The molecule has 0 heterocycles. The summed E-state index contributed by atoms with van der Waals surface area (Å²) in [4.78, 5) is 22.2. The van der Waals surface area contributed by atoms with Gasteiger partial charge in [-0.3, -0.25) is 9.59 Å². The molecule has 1 aromatic rings. The Bertz CT molecular complexity index is 472. The lowest BCUT2D eigenvalue weighted by molar-refractivity contribution is -0.137. The minimum absolute atomic E-state index is 0.0985. The topological polar surface area (TPSA) is 92.4 Å². The van der Waals surface area contributed by atoms with Crippen molar-refractivity contribution in [2.75, 3.05) is 12.3 Å². The molecular formula is C15H22N2O3. The molecule has 0 saturated carbocycles. The van der Waals surface area contributed by atoms with Crippen molar-refractivity contribution < 1.29 is 14.7 Å². The predicted molar refractivity (Wildman–Crippen MR) is 78.6 cm³/mol. The van der Waals surface area contributed by atoms with Gasteiger partial charge in [0.05, 0.1) is 0 Å². The highest BCUT2D eigenvalue weighted by molar-refractivity contribution is 5.94. The van der Waals surface area contributed by atoms with Gasteiger partial charge in [-0.1, -0.05) is 12.8 Å². The highest BCUT2D eigenvalue weighted by Crippen LogP contribution is 2.12. The van der Waals surface area contributed by atoms with E-state index in [0.717, 1.165) is 24.8 Å². The zero-order valence-corrected chi connectivity index (χ0v) is 11.8. The number of aryl methyl sites for hydroxylation is 1. The Hall–Kier alpha value is -2.04. The molecule has 5 heteroatoms. The van der Waals surface area contributed by atoms with Crippen LogP contribution in [0.1, 0.15) is 48.0 Å². The second kappa shape index (κ2) is 8.19. The molecule has 0 fully saturated rings. The Balaban J connectivity index is 2.20. The van der Waals surface area contributed by atoms with Crippen LogP contribution in [0, 0.1) is 6.92 Å². The summed E-state index contributed by atoms with van der Waals surface area (Å²) < 4.78 is 0. The van der Waals surface area contributed by atoms with E-state index in [0.29, 0.717) is 24.2 Å². The summed E-state index contributed by atoms with van der Waals surface area (Å²) in [6.07, 6.45) is 3.58.